The van der Waals surface area contributed by atoms with E-state index in [0.717, 1.165) is 36.0 Å². The number of aromatic nitrogens is 6. The Balaban J connectivity index is 1.44. The van der Waals surface area contributed by atoms with Crippen molar-refractivity contribution in [3.63, 3.8) is 0 Å². The summed E-state index contributed by atoms with van der Waals surface area (Å²) in [6.45, 7) is 0. The van der Waals surface area contributed by atoms with Gasteiger partial charge in [-0.25, -0.2) is 19.9 Å². The van der Waals surface area contributed by atoms with Crippen molar-refractivity contribution in [2.45, 2.75) is 43.7 Å². The van der Waals surface area contributed by atoms with Gasteiger partial charge in [-0.15, -0.1) is 0 Å². The Hall–Kier alpha value is -2.68. The molecule has 27 heavy (non-hydrogen) atoms. The Labute approximate surface area is 154 Å². The maximum Gasteiger partial charge on any atom is 0.340 e. The molecule has 3 aromatic rings. The fourth-order valence-electron chi connectivity index (χ4n) is 6.00. The predicted molar refractivity (Wildman–Crippen MR) is 98.0 cm³/mol. The fraction of sp³-hybridized carbons (Fsp3) is 0.556. The van der Waals surface area contributed by atoms with E-state index in [0.29, 0.717) is 29.2 Å². The molecule has 4 fully saturated rings. The van der Waals surface area contributed by atoms with E-state index in [4.69, 9.17) is 0 Å². The molecule has 9 heteroatoms. The normalized spacial score (nSPS) is 34.4. The van der Waals surface area contributed by atoms with Crippen molar-refractivity contribution in [1.82, 2.24) is 30.1 Å². The summed E-state index contributed by atoms with van der Waals surface area (Å²) in [5.41, 5.74) is 2.18. The first-order valence-electron chi connectivity index (χ1n) is 9.54. The highest BCUT2D eigenvalue weighted by Crippen LogP contribution is 2.56. The smallest absolute Gasteiger partial charge is 0.340 e. The summed E-state index contributed by atoms with van der Waals surface area (Å²) in [5, 5.41) is 21.1. The van der Waals surface area contributed by atoms with Gasteiger partial charge in [-0.05, 0) is 49.9 Å². The van der Waals surface area contributed by atoms with Crippen molar-refractivity contribution < 1.29 is 5.11 Å². The molecule has 0 spiro atoms. The van der Waals surface area contributed by atoms with Gasteiger partial charge in [0, 0.05) is 12.2 Å². The van der Waals surface area contributed by atoms with Gasteiger partial charge < -0.3 is 15.4 Å². The van der Waals surface area contributed by atoms with E-state index in [-0.39, 0.29) is 11.7 Å². The van der Waals surface area contributed by atoms with E-state index in [1.165, 1.54) is 12.8 Å². The average Bonchev–Trinajstić information content (AvgIpc) is 3.25. The van der Waals surface area contributed by atoms with Crippen LogP contribution in [0.3, 0.4) is 0 Å². The zero-order valence-electron chi connectivity index (χ0n) is 14.7. The van der Waals surface area contributed by atoms with Crippen molar-refractivity contribution in [3.05, 3.63) is 23.0 Å². The minimum atomic E-state index is -0.467. The Kier molecular flexibility index (Phi) is 2.96. The van der Waals surface area contributed by atoms with Gasteiger partial charge in [-0.1, -0.05) is 0 Å². The maximum absolute atomic E-state index is 11.6. The van der Waals surface area contributed by atoms with Gasteiger partial charge >= 0.3 is 5.69 Å². The van der Waals surface area contributed by atoms with Crippen LogP contribution in [0.2, 0.25) is 0 Å². The van der Waals surface area contributed by atoms with Gasteiger partial charge in [0.1, 0.15) is 5.52 Å². The molecule has 4 aliphatic rings. The van der Waals surface area contributed by atoms with E-state index in [9.17, 15) is 9.90 Å². The summed E-state index contributed by atoms with van der Waals surface area (Å²) >= 11 is 0. The molecule has 1 unspecified atom stereocenters. The molecule has 5 N–H and O–H groups in total. The van der Waals surface area contributed by atoms with Crippen LogP contribution in [-0.2, 0) is 0 Å². The van der Waals surface area contributed by atoms with Gasteiger partial charge in [0.15, 0.2) is 11.5 Å². The summed E-state index contributed by atoms with van der Waals surface area (Å²) < 4.78 is 0. The number of pyridine rings is 1. The second-order valence-corrected chi connectivity index (χ2v) is 8.54. The van der Waals surface area contributed by atoms with Crippen LogP contribution >= 0.6 is 0 Å². The molecule has 3 aromatic heterocycles. The van der Waals surface area contributed by atoms with Crippen molar-refractivity contribution in [3.8, 4) is 11.4 Å². The first-order valence-corrected chi connectivity index (χ1v) is 9.54. The van der Waals surface area contributed by atoms with Crippen molar-refractivity contribution >= 4 is 16.9 Å². The number of hydrogen-bond acceptors (Lipinski definition) is 6. The molecular weight excluding hydrogens is 346 g/mol. The number of H-pyrrole nitrogens is 3. The lowest BCUT2D eigenvalue weighted by Gasteiger charge is -2.58. The van der Waals surface area contributed by atoms with E-state index in [1.54, 1.807) is 12.5 Å². The summed E-state index contributed by atoms with van der Waals surface area (Å²) in [6.07, 6.45) is 8.35. The van der Waals surface area contributed by atoms with Crippen LogP contribution < -0.4 is 11.0 Å². The average molecular weight is 367 g/mol. The standard InChI is InChI=1S/C18H21N7O2/c26-17-23-15(24-25-17)11-6-19-16-14(20-7-21-16)13(11)22-12-9-1-8-2-10(12)5-18(27,3-8)4-9/h6-10,12,27H,1-5H2,(H2,19,20,21,22)(H2,23,24,25,26)/t8?,9-,10+,12+,18-. The van der Waals surface area contributed by atoms with Crippen LogP contribution in [0.15, 0.2) is 17.3 Å². The van der Waals surface area contributed by atoms with Crippen LogP contribution in [0.1, 0.15) is 32.1 Å². The van der Waals surface area contributed by atoms with Gasteiger partial charge in [0.25, 0.3) is 0 Å². The Morgan fingerprint density at radius 1 is 1.19 bits per heavy atom. The van der Waals surface area contributed by atoms with Crippen LogP contribution in [0.4, 0.5) is 5.69 Å². The number of rotatable bonds is 3. The number of aromatic amines is 3. The summed E-state index contributed by atoms with van der Waals surface area (Å²) in [7, 11) is 0. The lowest BCUT2D eigenvalue weighted by molar-refractivity contribution is -0.129. The number of hydrogen-bond donors (Lipinski definition) is 5. The molecule has 7 rings (SSSR count). The molecule has 3 heterocycles. The molecular formula is C18H21N7O2. The van der Waals surface area contributed by atoms with Crippen LogP contribution in [0.25, 0.3) is 22.6 Å². The maximum atomic E-state index is 11.6. The van der Waals surface area contributed by atoms with Crippen LogP contribution in [0, 0.1) is 17.8 Å². The minimum absolute atomic E-state index is 0.286. The van der Waals surface area contributed by atoms with Gasteiger partial charge in [-0.2, -0.15) is 5.10 Å². The topological polar surface area (TPSA) is 135 Å². The van der Waals surface area contributed by atoms with Gasteiger partial charge in [0.05, 0.1) is 23.2 Å². The summed E-state index contributed by atoms with van der Waals surface area (Å²) in [5.74, 6) is 2.00. The van der Waals surface area contributed by atoms with Gasteiger partial charge in [0.2, 0.25) is 0 Å². The number of anilines is 1. The van der Waals surface area contributed by atoms with Crippen molar-refractivity contribution in [2.75, 3.05) is 5.32 Å². The molecule has 5 atom stereocenters. The zero-order valence-corrected chi connectivity index (χ0v) is 14.7. The number of fused-ring (bicyclic) bond motifs is 1. The largest absolute Gasteiger partial charge is 0.390 e. The zero-order chi connectivity index (χ0) is 18.2. The van der Waals surface area contributed by atoms with Crippen molar-refractivity contribution in [1.29, 1.82) is 0 Å². The molecule has 140 valence electrons. The lowest BCUT2D eigenvalue weighted by atomic mass is 9.52. The first-order chi connectivity index (χ1) is 13.1. The quantitative estimate of drug-likeness (QED) is 0.475. The molecule has 0 aromatic carbocycles. The SMILES string of the molecule is O=c1[nH]nc(-c2cnc3[nH]cnc3c2N[C@H]2[C@@H]3CC4C[C@H]2C[C@@](O)(C4)C3)[nH]1. The Bertz CT molecular complexity index is 1070. The second kappa shape index (κ2) is 5.19. The summed E-state index contributed by atoms with van der Waals surface area (Å²) in [6, 6.07) is 0.286. The first kappa shape index (κ1) is 15.4. The predicted octanol–water partition coefficient (Wildman–Crippen LogP) is 1.39. The molecule has 0 radical (unpaired) electrons. The molecule has 0 saturated heterocycles. The third-order valence-corrected chi connectivity index (χ3v) is 6.76. The van der Waals surface area contributed by atoms with Crippen LogP contribution in [-0.4, -0.2) is 46.9 Å². The Morgan fingerprint density at radius 3 is 2.70 bits per heavy atom. The molecule has 4 saturated carbocycles. The summed E-state index contributed by atoms with van der Waals surface area (Å²) in [4.78, 5) is 26.2. The number of nitrogens with zero attached hydrogens (tertiary/aromatic N) is 3. The second-order valence-electron chi connectivity index (χ2n) is 8.54. The monoisotopic (exact) mass is 367 g/mol. The van der Waals surface area contributed by atoms with E-state index in [2.05, 4.69) is 35.5 Å². The van der Waals surface area contributed by atoms with E-state index < -0.39 is 5.60 Å². The fourth-order valence-corrected chi connectivity index (χ4v) is 6.00. The molecule has 4 bridgehead atoms. The molecule has 0 aliphatic heterocycles. The highest BCUT2D eigenvalue weighted by Gasteiger charge is 2.54. The third kappa shape index (κ3) is 2.27. The molecule has 4 aliphatic carbocycles. The van der Waals surface area contributed by atoms with E-state index in [1.807, 2.05) is 0 Å². The van der Waals surface area contributed by atoms with Gasteiger partial charge in [-0.3, -0.25) is 4.98 Å². The van der Waals surface area contributed by atoms with Crippen LogP contribution in [0.5, 0.6) is 0 Å². The Morgan fingerprint density at radius 2 is 2.00 bits per heavy atom. The van der Waals surface area contributed by atoms with Crippen molar-refractivity contribution in [2.24, 2.45) is 17.8 Å². The number of nitrogens with one attached hydrogen (secondary N) is 4. The lowest BCUT2D eigenvalue weighted by Crippen LogP contribution is -2.59. The highest BCUT2D eigenvalue weighted by molar-refractivity contribution is 5.94. The molecule has 9 nitrogen and oxygen atoms in total. The molecule has 0 amide bonds. The number of imidazole rings is 1. The highest BCUT2D eigenvalue weighted by atomic mass is 16.3. The third-order valence-electron chi connectivity index (χ3n) is 6.76. The number of aliphatic hydroxyl groups is 1. The minimum Gasteiger partial charge on any atom is -0.390 e. The van der Waals surface area contributed by atoms with E-state index >= 15 is 0 Å².